The molecule has 0 bridgehead atoms. The van der Waals surface area contributed by atoms with Crippen LogP contribution in [0.4, 0.5) is 5.82 Å². The number of anilines is 1. The molecule has 0 aliphatic carbocycles. The van der Waals surface area contributed by atoms with Gasteiger partial charge in [0.25, 0.3) is 5.91 Å². The maximum absolute atomic E-state index is 13.7. The van der Waals surface area contributed by atoms with Gasteiger partial charge in [0.2, 0.25) is 11.8 Å². The van der Waals surface area contributed by atoms with Crippen LogP contribution in [-0.4, -0.2) is 70.6 Å². The van der Waals surface area contributed by atoms with Crippen LogP contribution in [0.3, 0.4) is 0 Å². The third kappa shape index (κ3) is 8.17. The number of nitrogens with zero attached hydrogens (tertiary/aromatic N) is 3. The zero-order chi connectivity index (χ0) is 30.1. The van der Waals surface area contributed by atoms with Gasteiger partial charge in [-0.05, 0) is 56.4 Å². The molecule has 224 valence electrons. The van der Waals surface area contributed by atoms with Crippen LogP contribution in [0.15, 0.2) is 67.1 Å². The van der Waals surface area contributed by atoms with Gasteiger partial charge in [-0.3, -0.25) is 14.4 Å². The van der Waals surface area contributed by atoms with Crippen LogP contribution in [-0.2, 0) is 25.7 Å². The summed E-state index contributed by atoms with van der Waals surface area (Å²) in [6.07, 6.45) is 6.17. The molecule has 4 N–H and O–H groups in total. The molecule has 11 heteroatoms. The smallest absolute Gasteiger partial charge is 0.250 e. The van der Waals surface area contributed by atoms with Crippen molar-refractivity contribution in [1.29, 1.82) is 0 Å². The standard InChI is InChI=1S/C31H40N6O5/c1-31(2,32)30(40)34-25(20-42-19-22-10-6-4-7-11-22)28(38)35-26-18-37(21-33-26)27(23-12-14-24(41-3)15-13-23)29(39)36-16-8-5-9-17-36/h4,6-7,10-15,18,21,25,27H,5,8-9,16-17,19-20,32H2,1-3H3,(H,34,40)(H,35,38). The quantitative estimate of drug-likeness (QED) is 0.301. The molecule has 1 aliphatic heterocycles. The van der Waals surface area contributed by atoms with E-state index in [4.69, 9.17) is 15.2 Å². The highest BCUT2D eigenvalue weighted by molar-refractivity contribution is 5.98. The largest absolute Gasteiger partial charge is 0.497 e. The maximum Gasteiger partial charge on any atom is 0.250 e. The summed E-state index contributed by atoms with van der Waals surface area (Å²) >= 11 is 0. The number of piperidine rings is 1. The van der Waals surface area contributed by atoms with Gasteiger partial charge in [-0.2, -0.15) is 0 Å². The third-order valence-electron chi connectivity index (χ3n) is 7.09. The van der Waals surface area contributed by atoms with E-state index in [0.29, 0.717) is 18.8 Å². The third-order valence-corrected chi connectivity index (χ3v) is 7.09. The van der Waals surface area contributed by atoms with Crippen molar-refractivity contribution in [2.75, 3.05) is 32.1 Å². The molecule has 1 saturated heterocycles. The number of nitrogens with one attached hydrogen (secondary N) is 2. The molecule has 2 unspecified atom stereocenters. The summed E-state index contributed by atoms with van der Waals surface area (Å²) in [4.78, 5) is 45.9. The minimum Gasteiger partial charge on any atom is -0.497 e. The highest BCUT2D eigenvalue weighted by Crippen LogP contribution is 2.26. The molecule has 3 amide bonds. The summed E-state index contributed by atoms with van der Waals surface area (Å²) in [5.74, 6) is -0.138. The average molecular weight is 577 g/mol. The minimum absolute atomic E-state index is 0.0419. The van der Waals surface area contributed by atoms with Crippen LogP contribution >= 0.6 is 0 Å². The Hall–Kier alpha value is -4.22. The number of hydrogen-bond acceptors (Lipinski definition) is 7. The lowest BCUT2D eigenvalue weighted by Gasteiger charge is -2.31. The normalized spacial score (nSPS) is 15.0. The number of rotatable bonds is 12. The van der Waals surface area contributed by atoms with Crippen molar-refractivity contribution in [3.63, 3.8) is 0 Å². The van der Waals surface area contributed by atoms with Crippen LogP contribution in [0.2, 0.25) is 0 Å². The molecule has 2 atom stereocenters. The monoisotopic (exact) mass is 576 g/mol. The number of benzene rings is 2. The molecule has 11 nitrogen and oxygen atoms in total. The molecule has 1 aromatic heterocycles. The number of imidazole rings is 1. The SMILES string of the molecule is COc1ccc(C(C(=O)N2CCCCC2)n2cnc(NC(=O)C(COCc3ccccc3)NC(=O)C(C)(C)N)c2)cc1. The number of ether oxygens (including phenoxy) is 2. The fourth-order valence-electron chi connectivity index (χ4n) is 4.67. The Morgan fingerprint density at radius 3 is 2.36 bits per heavy atom. The van der Waals surface area contributed by atoms with Gasteiger partial charge < -0.3 is 35.3 Å². The Labute approximate surface area is 246 Å². The first-order valence-corrected chi connectivity index (χ1v) is 14.1. The fraction of sp³-hybridized carbons (Fsp3) is 0.419. The molecule has 2 heterocycles. The highest BCUT2D eigenvalue weighted by Gasteiger charge is 2.31. The molecule has 0 radical (unpaired) electrons. The molecule has 1 fully saturated rings. The lowest BCUT2D eigenvalue weighted by Crippen LogP contribution is -2.56. The lowest BCUT2D eigenvalue weighted by molar-refractivity contribution is -0.134. The van der Waals surface area contributed by atoms with E-state index in [0.717, 1.165) is 30.4 Å². The van der Waals surface area contributed by atoms with Crippen molar-refractivity contribution in [2.45, 2.75) is 57.3 Å². The number of likely N-dealkylation sites (tertiary alicyclic amines) is 1. The number of amides is 3. The van der Waals surface area contributed by atoms with E-state index in [1.165, 1.54) is 6.33 Å². The molecule has 0 spiro atoms. The molecule has 2 aromatic carbocycles. The molecule has 3 aromatic rings. The summed E-state index contributed by atoms with van der Waals surface area (Å²) in [5, 5.41) is 5.44. The van der Waals surface area contributed by atoms with E-state index in [2.05, 4.69) is 15.6 Å². The Balaban J connectivity index is 1.51. The van der Waals surface area contributed by atoms with E-state index >= 15 is 0 Å². The molecule has 0 saturated carbocycles. The van der Waals surface area contributed by atoms with Gasteiger partial charge in [0.15, 0.2) is 5.82 Å². The van der Waals surface area contributed by atoms with Gasteiger partial charge >= 0.3 is 0 Å². The molecule has 4 rings (SSSR count). The summed E-state index contributed by atoms with van der Waals surface area (Å²) in [6.45, 7) is 4.70. The van der Waals surface area contributed by atoms with Crippen LogP contribution in [0, 0.1) is 0 Å². The van der Waals surface area contributed by atoms with Gasteiger partial charge in [-0.1, -0.05) is 42.5 Å². The van der Waals surface area contributed by atoms with Crippen LogP contribution in [0.25, 0.3) is 0 Å². The summed E-state index contributed by atoms with van der Waals surface area (Å²) < 4.78 is 12.8. The van der Waals surface area contributed by atoms with Gasteiger partial charge in [0, 0.05) is 19.3 Å². The topological polar surface area (TPSA) is 141 Å². The van der Waals surface area contributed by atoms with Crippen LogP contribution < -0.4 is 21.1 Å². The Bertz CT molecular complexity index is 1330. The van der Waals surface area contributed by atoms with E-state index in [1.54, 1.807) is 31.7 Å². The predicted molar refractivity (Wildman–Crippen MR) is 159 cm³/mol. The number of aromatic nitrogens is 2. The molecular formula is C31H40N6O5. The highest BCUT2D eigenvalue weighted by atomic mass is 16.5. The van der Waals surface area contributed by atoms with Gasteiger partial charge in [0.05, 0.1) is 32.2 Å². The van der Waals surface area contributed by atoms with Crippen molar-refractivity contribution in [3.05, 3.63) is 78.2 Å². The first-order chi connectivity index (χ1) is 20.2. The molecule has 42 heavy (non-hydrogen) atoms. The Morgan fingerprint density at radius 1 is 1.02 bits per heavy atom. The number of carbonyl (C=O) groups is 3. The number of hydrogen-bond donors (Lipinski definition) is 3. The first kappa shape index (κ1) is 30.7. The average Bonchev–Trinajstić information content (AvgIpc) is 3.45. The Kier molecular flexibility index (Phi) is 10.3. The Morgan fingerprint density at radius 2 is 1.71 bits per heavy atom. The van der Waals surface area contributed by atoms with E-state index < -0.39 is 29.4 Å². The molecular weight excluding hydrogens is 536 g/mol. The van der Waals surface area contributed by atoms with E-state index in [1.807, 2.05) is 59.5 Å². The van der Waals surface area contributed by atoms with Crippen molar-refractivity contribution in [1.82, 2.24) is 19.8 Å². The fourth-order valence-corrected chi connectivity index (χ4v) is 4.67. The van der Waals surface area contributed by atoms with E-state index in [-0.39, 0.29) is 24.9 Å². The minimum atomic E-state index is -1.19. The molecule has 1 aliphatic rings. The summed E-state index contributed by atoms with van der Waals surface area (Å²) in [6, 6.07) is 15.2. The second kappa shape index (κ2) is 14.1. The van der Waals surface area contributed by atoms with Crippen LogP contribution in [0.5, 0.6) is 5.75 Å². The van der Waals surface area contributed by atoms with Gasteiger partial charge in [-0.25, -0.2) is 4.98 Å². The summed E-state index contributed by atoms with van der Waals surface area (Å²) in [5.41, 5.74) is 6.46. The summed E-state index contributed by atoms with van der Waals surface area (Å²) in [7, 11) is 1.59. The van der Waals surface area contributed by atoms with Crippen molar-refractivity contribution >= 4 is 23.5 Å². The zero-order valence-corrected chi connectivity index (χ0v) is 24.4. The predicted octanol–water partition coefficient (Wildman–Crippen LogP) is 2.87. The second-order valence-corrected chi connectivity index (χ2v) is 11.0. The van der Waals surface area contributed by atoms with Crippen molar-refractivity contribution < 1.29 is 23.9 Å². The number of methoxy groups -OCH3 is 1. The van der Waals surface area contributed by atoms with Crippen molar-refractivity contribution in [3.8, 4) is 5.75 Å². The zero-order valence-electron chi connectivity index (χ0n) is 24.4. The van der Waals surface area contributed by atoms with E-state index in [9.17, 15) is 14.4 Å². The first-order valence-electron chi connectivity index (χ1n) is 14.1. The lowest BCUT2D eigenvalue weighted by atomic mass is 10.0. The number of nitrogens with two attached hydrogens (primary N) is 1. The maximum atomic E-state index is 13.7. The van der Waals surface area contributed by atoms with Gasteiger partial charge in [-0.15, -0.1) is 0 Å². The van der Waals surface area contributed by atoms with Gasteiger partial charge in [0.1, 0.15) is 17.8 Å². The number of carbonyl (C=O) groups excluding carboxylic acids is 3. The second-order valence-electron chi connectivity index (χ2n) is 11.0. The van der Waals surface area contributed by atoms with Crippen LogP contribution in [0.1, 0.15) is 50.3 Å². The van der Waals surface area contributed by atoms with Crippen molar-refractivity contribution in [2.24, 2.45) is 5.73 Å².